The summed E-state index contributed by atoms with van der Waals surface area (Å²) in [7, 11) is 0. The molecule has 0 heterocycles. The fourth-order valence-electron chi connectivity index (χ4n) is 2.67. The van der Waals surface area contributed by atoms with Crippen LogP contribution in [0.15, 0.2) is 60.7 Å². The molecule has 0 aliphatic carbocycles. The summed E-state index contributed by atoms with van der Waals surface area (Å²) in [5.41, 5.74) is 0. The molecule has 0 nitrogen and oxygen atoms in total. The third-order valence-corrected chi connectivity index (χ3v) is 3.39. The molecule has 4 heteroatoms. The van der Waals surface area contributed by atoms with Crippen LogP contribution in [0.25, 0.3) is 32.3 Å². The van der Waals surface area contributed by atoms with Crippen LogP contribution in [0.2, 0.25) is 6.55 Å². The van der Waals surface area contributed by atoms with Crippen molar-refractivity contribution in [1.82, 2.24) is 0 Å². The normalized spacial score (nSPS) is 11.8. The number of halogens is 3. The summed E-state index contributed by atoms with van der Waals surface area (Å²) in [5, 5.41) is 8.14. The van der Waals surface area contributed by atoms with Gasteiger partial charge in [-0.2, -0.15) is 0 Å². The summed E-state index contributed by atoms with van der Waals surface area (Å²) in [4.78, 5) is 0. The summed E-state index contributed by atoms with van der Waals surface area (Å²) < 4.78 is 0. The first-order chi connectivity index (χ1) is 9.93. The van der Waals surface area contributed by atoms with E-state index in [2.05, 4.69) is 60.7 Å². The number of benzene rings is 4. The maximum atomic E-state index is 5.20. The lowest BCUT2D eigenvalue weighted by molar-refractivity contribution is 1.78. The maximum absolute atomic E-state index is 5.20. The molecule has 0 N–H and O–H groups in total. The Labute approximate surface area is 138 Å². The first-order valence-corrected chi connectivity index (χ1v) is 12.2. The van der Waals surface area contributed by atoms with Crippen molar-refractivity contribution in [2.45, 2.75) is 6.55 Å². The fourth-order valence-corrected chi connectivity index (χ4v) is 2.67. The third-order valence-electron chi connectivity index (χ3n) is 3.39. The van der Waals surface area contributed by atoms with Crippen molar-refractivity contribution in [3.8, 4) is 0 Å². The Balaban J connectivity index is 0.000000233. The summed E-state index contributed by atoms with van der Waals surface area (Å²) in [6, 6.07) is 19.7. The summed E-state index contributed by atoms with van der Waals surface area (Å²) in [6.45, 7) is 1.62. The van der Waals surface area contributed by atoms with Crippen LogP contribution in [0.5, 0.6) is 0 Å². The van der Waals surface area contributed by atoms with Crippen LogP contribution in [0, 0.1) is 0 Å². The van der Waals surface area contributed by atoms with Gasteiger partial charge in [-0.3, -0.25) is 0 Å². The Bertz CT molecular complexity index is 761. The minimum absolute atomic E-state index is 1.34. The number of hydrogen-bond donors (Lipinski definition) is 0. The van der Waals surface area contributed by atoms with Gasteiger partial charge in [0.1, 0.15) is 0 Å². The molecular formula is C17H13Cl3Si. The van der Waals surface area contributed by atoms with Gasteiger partial charge in [-0.05, 0) is 38.9 Å². The molecule has 0 fully saturated rings. The second-order valence-electron chi connectivity index (χ2n) is 5.07. The van der Waals surface area contributed by atoms with Crippen LogP contribution >= 0.6 is 33.2 Å². The van der Waals surface area contributed by atoms with Crippen molar-refractivity contribution in [2.24, 2.45) is 0 Å². The second-order valence-corrected chi connectivity index (χ2v) is 15.2. The van der Waals surface area contributed by atoms with Crippen molar-refractivity contribution in [2.75, 3.05) is 0 Å². The van der Waals surface area contributed by atoms with Gasteiger partial charge in [0.15, 0.2) is 0 Å². The number of hydrogen-bond acceptors (Lipinski definition) is 0. The average molecular weight is 352 g/mol. The molecule has 0 saturated carbocycles. The van der Waals surface area contributed by atoms with Crippen LogP contribution in [0.4, 0.5) is 0 Å². The Morgan fingerprint density at radius 3 is 1.05 bits per heavy atom. The van der Waals surface area contributed by atoms with Gasteiger partial charge in [-0.25, -0.2) is 0 Å². The summed E-state index contributed by atoms with van der Waals surface area (Å²) in [6.07, 6.45) is 0. The molecule has 0 spiro atoms. The minimum Gasteiger partial charge on any atom is -0.126 e. The lowest BCUT2D eigenvalue weighted by atomic mass is 9.95. The van der Waals surface area contributed by atoms with Crippen LogP contribution < -0.4 is 0 Å². The molecule has 0 unspecified atom stereocenters. The Kier molecular flexibility index (Phi) is 4.02. The second kappa shape index (κ2) is 5.66. The molecule has 4 aromatic rings. The van der Waals surface area contributed by atoms with Crippen molar-refractivity contribution in [1.29, 1.82) is 0 Å². The highest BCUT2D eigenvalue weighted by Gasteiger charge is 2.13. The van der Waals surface area contributed by atoms with E-state index in [9.17, 15) is 0 Å². The molecule has 0 aliphatic rings. The molecule has 0 radical (unpaired) electrons. The van der Waals surface area contributed by atoms with Crippen molar-refractivity contribution < 1.29 is 0 Å². The molecule has 21 heavy (non-hydrogen) atoms. The Hall–Kier alpha value is -0.993. The highest BCUT2D eigenvalue weighted by molar-refractivity contribution is 7.64. The van der Waals surface area contributed by atoms with Gasteiger partial charge in [-0.1, -0.05) is 60.7 Å². The molecule has 0 aliphatic heterocycles. The Morgan fingerprint density at radius 1 is 0.571 bits per heavy atom. The zero-order chi connectivity index (χ0) is 15.0. The largest absolute Gasteiger partial charge is 0.338 e. The van der Waals surface area contributed by atoms with E-state index in [1.54, 1.807) is 6.55 Å². The van der Waals surface area contributed by atoms with Gasteiger partial charge < -0.3 is 0 Å². The van der Waals surface area contributed by atoms with Crippen LogP contribution in [-0.4, -0.2) is 6.00 Å². The van der Waals surface area contributed by atoms with Crippen molar-refractivity contribution in [3.63, 3.8) is 0 Å². The molecule has 0 atom stereocenters. The predicted molar refractivity (Wildman–Crippen MR) is 99.3 cm³/mol. The van der Waals surface area contributed by atoms with E-state index in [1.165, 1.54) is 32.3 Å². The zero-order valence-corrected chi connectivity index (χ0v) is 14.7. The molecule has 4 aromatic carbocycles. The topological polar surface area (TPSA) is 0 Å². The summed E-state index contributed by atoms with van der Waals surface area (Å²) in [5.74, 6) is 0. The molecule has 0 amide bonds. The molecule has 4 rings (SSSR count). The standard InChI is InChI=1S/C16H10.CH3Cl3Si/c1-3-11-7-9-13-5-2-6-14-10-8-12(4-1)15(11)16(13)14;1-5(2,3)4/h1-10H;1H3. The van der Waals surface area contributed by atoms with Gasteiger partial charge in [0, 0.05) is 0 Å². The van der Waals surface area contributed by atoms with E-state index >= 15 is 0 Å². The minimum atomic E-state index is -2.19. The first kappa shape index (κ1) is 14.9. The quantitative estimate of drug-likeness (QED) is 0.184. The van der Waals surface area contributed by atoms with Crippen LogP contribution in [-0.2, 0) is 0 Å². The van der Waals surface area contributed by atoms with E-state index < -0.39 is 6.00 Å². The highest BCUT2D eigenvalue weighted by Crippen LogP contribution is 2.33. The van der Waals surface area contributed by atoms with Gasteiger partial charge in [0.2, 0.25) is 0 Å². The zero-order valence-electron chi connectivity index (χ0n) is 11.4. The molecule has 0 aromatic heterocycles. The lowest BCUT2D eigenvalue weighted by Gasteiger charge is -2.09. The molecule has 106 valence electrons. The maximum Gasteiger partial charge on any atom is 0.338 e. The Morgan fingerprint density at radius 2 is 0.810 bits per heavy atom. The van der Waals surface area contributed by atoms with Crippen molar-refractivity contribution >= 4 is 71.6 Å². The van der Waals surface area contributed by atoms with Crippen LogP contribution in [0.3, 0.4) is 0 Å². The van der Waals surface area contributed by atoms with Gasteiger partial charge >= 0.3 is 6.00 Å². The number of rotatable bonds is 0. The molecule has 0 saturated heterocycles. The van der Waals surface area contributed by atoms with Crippen LogP contribution in [0.1, 0.15) is 0 Å². The summed E-state index contributed by atoms with van der Waals surface area (Å²) >= 11 is 15.6. The smallest absolute Gasteiger partial charge is 0.126 e. The molecular weight excluding hydrogens is 339 g/mol. The van der Waals surface area contributed by atoms with E-state index in [4.69, 9.17) is 33.2 Å². The molecule has 0 bridgehead atoms. The van der Waals surface area contributed by atoms with E-state index in [0.29, 0.717) is 0 Å². The predicted octanol–water partition coefficient (Wildman–Crippen LogP) is 6.86. The SMILES string of the molecule is C[Si](Cl)(Cl)Cl.c1cc2ccc3cccc4ccc(c1)c2c34. The van der Waals surface area contributed by atoms with E-state index in [-0.39, 0.29) is 0 Å². The first-order valence-electron chi connectivity index (χ1n) is 6.63. The fraction of sp³-hybridized carbons (Fsp3) is 0.0588. The van der Waals surface area contributed by atoms with E-state index in [0.717, 1.165) is 0 Å². The monoisotopic (exact) mass is 350 g/mol. The van der Waals surface area contributed by atoms with Gasteiger partial charge in [0.25, 0.3) is 0 Å². The van der Waals surface area contributed by atoms with Gasteiger partial charge in [-0.15, -0.1) is 33.2 Å². The highest BCUT2D eigenvalue weighted by atomic mass is 35.8. The lowest BCUT2D eigenvalue weighted by Crippen LogP contribution is -1.97. The average Bonchev–Trinajstić information content (AvgIpc) is 2.43. The van der Waals surface area contributed by atoms with Crippen molar-refractivity contribution in [3.05, 3.63) is 60.7 Å². The van der Waals surface area contributed by atoms with E-state index in [1.807, 2.05) is 0 Å². The van der Waals surface area contributed by atoms with Gasteiger partial charge in [0.05, 0.1) is 0 Å². The third kappa shape index (κ3) is 3.27.